The molecule has 0 saturated carbocycles. The molecule has 3 rings (SSSR count). The number of ether oxygens (including phenoxy) is 1. The third-order valence-corrected chi connectivity index (χ3v) is 3.99. The van der Waals surface area contributed by atoms with Gasteiger partial charge in [0.2, 0.25) is 5.91 Å². The lowest BCUT2D eigenvalue weighted by atomic mass is 10.1. The van der Waals surface area contributed by atoms with Gasteiger partial charge in [0.15, 0.2) is 0 Å². The summed E-state index contributed by atoms with van der Waals surface area (Å²) in [6.07, 6.45) is 1.94. The van der Waals surface area contributed by atoms with E-state index < -0.39 is 6.09 Å². The summed E-state index contributed by atoms with van der Waals surface area (Å²) in [5.41, 5.74) is 0.952. The number of hydrogen-bond acceptors (Lipinski definition) is 3. The Kier molecular flexibility index (Phi) is 3.58. The maximum atomic E-state index is 11.8. The smallest absolute Gasteiger partial charge is 0.407 e. The van der Waals surface area contributed by atoms with Gasteiger partial charge in [-0.25, -0.2) is 4.79 Å². The normalized spacial score (nSPS) is 24.6. The Bertz CT molecular complexity index is 503. The summed E-state index contributed by atoms with van der Waals surface area (Å²) >= 11 is 0. The van der Waals surface area contributed by atoms with E-state index in [2.05, 4.69) is 5.32 Å². The van der Waals surface area contributed by atoms with Crippen molar-refractivity contribution in [2.24, 2.45) is 0 Å². The molecular weight excluding hydrogens is 256 g/mol. The van der Waals surface area contributed by atoms with E-state index in [0.29, 0.717) is 6.42 Å². The Hall–Kier alpha value is -2.04. The largest absolute Gasteiger partial charge is 0.445 e. The quantitative estimate of drug-likeness (QED) is 0.912. The van der Waals surface area contributed by atoms with Crippen molar-refractivity contribution < 1.29 is 14.3 Å². The van der Waals surface area contributed by atoms with Crippen molar-refractivity contribution in [3.63, 3.8) is 0 Å². The standard InChI is InChI=1S/C15H18N2O3/c18-14-9-12(13-7-4-8-17(13)14)16-15(19)20-10-11-5-2-1-3-6-11/h1-3,5-6,12-13H,4,7-10H2,(H,16,19)/t12-,13+/m0/s1. The topological polar surface area (TPSA) is 58.6 Å². The first-order valence-corrected chi connectivity index (χ1v) is 7.01. The number of fused-ring (bicyclic) bond motifs is 1. The molecule has 1 N–H and O–H groups in total. The molecule has 0 aliphatic carbocycles. The number of rotatable bonds is 3. The van der Waals surface area contributed by atoms with Gasteiger partial charge in [0.25, 0.3) is 0 Å². The minimum absolute atomic E-state index is 0.103. The highest BCUT2D eigenvalue weighted by molar-refractivity contribution is 5.81. The number of amides is 2. The zero-order valence-electron chi connectivity index (χ0n) is 11.2. The maximum Gasteiger partial charge on any atom is 0.407 e. The van der Waals surface area contributed by atoms with Crippen molar-refractivity contribution >= 4 is 12.0 Å². The second-order valence-electron chi connectivity index (χ2n) is 5.31. The van der Waals surface area contributed by atoms with Gasteiger partial charge in [-0.3, -0.25) is 4.79 Å². The van der Waals surface area contributed by atoms with E-state index in [4.69, 9.17) is 4.74 Å². The Morgan fingerprint density at radius 2 is 2.15 bits per heavy atom. The first-order chi connectivity index (χ1) is 9.74. The van der Waals surface area contributed by atoms with Gasteiger partial charge in [0, 0.05) is 13.0 Å². The predicted octanol–water partition coefficient (Wildman–Crippen LogP) is 1.68. The Morgan fingerprint density at radius 3 is 2.95 bits per heavy atom. The summed E-state index contributed by atoms with van der Waals surface area (Å²) in [6.45, 7) is 1.07. The summed E-state index contributed by atoms with van der Waals surface area (Å²) in [7, 11) is 0. The van der Waals surface area contributed by atoms with Crippen molar-refractivity contribution in [2.45, 2.75) is 38.0 Å². The third-order valence-electron chi connectivity index (χ3n) is 3.99. The van der Waals surface area contributed by atoms with Crippen molar-refractivity contribution in [1.82, 2.24) is 10.2 Å². The summed E-state index contributed by atoms with van der Waals surface area (Å²) < 4.78 is 5.19. The molecule has 2 atom stereocenters. The molecule has 2 aliphatic rings. The molecule has 5 nitrogen and oxygen atoms in total. The van der Waals surface area contributed by atoms with E-state index in [1.807, 2.05) is 35.2 Å². The van der Waals surface area contributed by atoms with Gasteiger partial charge in [-0.15, -0.1) is 0 Å². The van der Waals surface area contributed by atoms with Crippen LogP contribution in [0.25, 0.3) is 0 Å². The fourth-order valence-electron chi connectivity index (χ4n) is 3.03. The molecule has 20 heavy (non-hydrogen) atoms. The molecule has 106 valence electrons. The number of alkyl carbamates (subject to hydrolysis) is 1. The molecule has 0 unspecified atom stereocenters. The van der Waals surface area contributed by atoms with Gasteiger partial charge in [0.05, 0.1) is 12.1 Å². The van der Waals surface area contributed by atoms with Crippen molar-refractivity contribution in [2.75, 3.05) is 6.54 Å². The Morgan fingerprint density at radius 1 is 1.35 bits per heavy atom. The monoisotopic (exact) mass is 274 g/mol. The molecule has 0 bridgehead atoms. The Labute approximate surface area is 117 Å². The van der Waals surface area contributed by atoms with Crippen LogP contribution in [-0.4, -0.2) is 35.5 Å². The first kappa shape index (κ1) is 13.0. The molecule has 5 heteroatoms. The van der Waals surface area contributed by atoms with E-state index in [9.17, 15) is 9.59 Å². The Balaban J connectivity index is 1.51. The molecule has 2 fully saturated rings. The molecule has 0 radical (unpaired) electrons. The lowest BCUT2D eigenvalue weighted by Gasteiger charge is -2.20. The minimum atomic E-state index is -0.444. The van der Waals surface area contributed by atoms with Gasteiger partial charge >= 0.3 is 6.09 Å². The maximum absolute atomic E-state index is 11.8. The number of carbonyl (C=O) groups is 2. The van der Waals surface area contributed by atoms with E-state index in [1.165, 1.54) is 0 Å². The minimum Gasteiger partial charge on any atom is -0.445 e. The molecule has 1 aromatic carbocycles. The zero-order chi connectivity index (χ0) is 13.9. The van der Waals surface area contributed by atoms with Crippen molar-refractivity contribution in [3.8, 4) is 0 Å². The summed E-state index contributed by atoms with van der Waals surface area (Å²) in [6, 6.07) is 9.60. The number of benzene rings is 1. The van der Waals surface area contributed by atoms with Crippen LogP contribution in [0.15, 0.2) is 30.3 Å². The second-order valence-corrected chi connectivity index (χ2v) is 5.31. The zero-order valence-corrected chi connectivity index (χ0v) is 11.2. The van der Waals surface area contributed by atoms with Gasteiger partial charge in [0.1, 0.15) is 6.61 Å². The number of hydrogen-bond donors (Lipinski definition) is 1. The fraction of sp³-hybridized carbons (Fsp3) is 0.467. The van der Waals surface area contributed by atoms with Gasteiger partial charge in [-0.1, -0.05) is 30.3 Å². The average molecular weight is 274 g/mol. The molecular formula is C15H18N2O3. The highest BCUT2D eigenvalue weighted by Crippen LogP contribution is 2.29. The van der Waals surface area contributed by atoms with Crippen LogP contribution in [0, 0.1) is 0 Å². The molecule has 2 saturated heterocycles. The van der Waals surface area contributed by atoms with Gasteiger partial charge in [-0.05, 0) is 18.4 Å². The molecule has 0 aromatic heterocycles. The molecule has 1 aromatic rings. The van der Waals surface area contributed by atoms with Crippen molar-refractivity contribution in [1.29, 1.82) is 0 Å². The van der Waals surface area contributed by atoms with Crippen molar-refractivity contribution in [3.05, 3.63) is 35.9 Å². The van der Waals surface area contributed by atoms with Gasteiger partial charge < -0.3 is 15.0 Å². The lowest BCUT2D eigenvalue weighted by Crippen LogP contribution is -2.42. The molecule has 2 aliphatic heterocycles. The molecule has 0 spiro atoms. The van der Waals surface area contributed by atoms with E-state index in [-0.39, 0.29) is 24.6 Å². The highest BCUT2D eigenvalue weighted by Gasteiger charge is 2.43. The van der Waals surface area contributed by atoms with Crippen LogP contribution < -0.4 is 5.32 Å². The van der Waals surface area contributed by atoms with E-state index >= 15 is 0 Å². The number of nitrogens with zero attached hydrogens (tertiary/aromatic N) is 1. The molecule has 2 amide bonds. The third kappa shape index (κ3) is 2.61. The number of carbonyl (C=O) groups excluding carboxylic acids is 2. The summed E-state index contributed by atoms with van der Waals surface area (Å²) in [5, 5.41) is 2.83. The van der Waals surface area contributed by atoms with Crippen LogP contribution >= 0.6 is 0 Å². The number of nitrogens with one attached hydrogen (secondary N) is 1. The average Bonchev–Trinajstić information content (AvgIpc) is 3.04. The SMILES string of the molecule is O=C(N[C@H]1CC(=O)N2CCC[C@H]12)OCc1ccccc1. The van der Waals surface area contributed by atoms with Crippen LogP contribution in [0.2, 0.25) is 0 Å². The van der Waals surface area contributed by atoms with Crippen LogP contribution in [0.3, 0.4) is 0 Å². The van der Waals surface area contributed by atoms with E-state index in [0.717, 1.165) is 24.9 Å². The summed E-state index contributed by atoms with van der Waals surface area (Å²) in [4.78, 5) is 25.4. The molecule has 2 heterocycles. The fourth-order valence-corrected chi connectivity index (χ4v) is 3.03. The second kappa shape index (κ2) is 5.53. The lowest BCUT2D eigenvalue weighted by molar-refractivity contribution is -0.127. The predicted molar refractivity (Wildman–Crippen MR) is 72.9 cm³/mol. The highest BCUT2D eigenvalue weighted by atomic mass is 16.5. The van der Waals surface area contributed by atoms with E-state index in [1.54, 1.807) is 0 Å². The first-order valence-electron chi connectivity index (χ1n) is 7.01. The van der Waals surface area contributed by atoms with Crippen LogP contribution in [-0.2, 0) is 16.1 Å². The van der Waals surface area contributed by atoms with Crippen LogP contribution in [0.4, 0.5) is 4.79 Å². The van der Waals surface area contributed by atoms with Crippen LogP contribution in [0.1, 0.15) is 24.8 Å². The van der Waals surface area contributed by atoms with Gasteiger partial charge in [-0.2, -0.15) is 0 Å². The summed E-state index contributed by atoms with van der Waals surface area (Å²) in [5.74, 6) is 0.140. The van der Waals surface area contributed by atoms with Crippen LogP contribution in [0.5, 0.6) is 0 Å².